The zero-order valence-corrected chi connectivity index (χ0v) is 27.8. The van der Waals surface area contributed by atoms with Gasteiger partial charge in [0.15, 0.2) is 4.80 Å². The molecule has 44 heavy (non-hydrogen) atoms. The molecule has 222 valence electrons. The molecule has 1 aliphatic rings. The molecule has 1 N–H and O–H groups in total. The molecule has 0 aliphatic carbocycles. The summed E-state index contributed by atoms with van der Waals surface area (Å²) in [7, 11) is 0. The van der Waals surface area contributed by atoms with Crippen molar-refractivity contribution in [1.29, 1.82) is 0 Å². The van der Waals surface area contributed by atoms with Crippen molar-refractivity contribution in [2.24, 2.45) is 4.99 Å². The maximum atomic E-state index is 14.2. The first-order valence-corrected chi connectivity index (χ1v) is 16.2. The van der Waals surface area contributed by atoms with E-state index < -0.39 is 6.04 Å². The van der Waals surface area contributed by atoms with Crippen molar-refractivity contribution in [3.63, 3.8) is 0 Å². The predicted octanol–water partition coefficient (Wildman–Crippen LogP) is 6.28. The molecule has 1 aliphatic heterocycles. The summed E-state index contributed by atoms with van der Waals surface area (Å²) >= 11 is 3.64. The second-order valence-corrected chi connectivity index (χ2v) is 12.8. The molecule has 3 aromatic carbocycles. The van der Waals surface area contributed by atoms with Crippen LogP contribution in [0.25, 0.3) is 11.8 Å². The summed E-state index contributed by atoms with van der Waals surface area (Å²) in [5.41, 5.74) is 6.42. The normalized spacial score (nSPS) is 14.8. The van der Waals surface area contributed by atoms with E-state index in [9.17, 15) is 9.59 Å². The number of hydrogen-bond acceptors (Lipinski definition) is 5. The van der Waals surface area contributed by atoms with Crippen LogP contribution in [0.2, 0.25) is 0 Å². The summed E-state index contributed by atoms with van der Waals surface area (Å²) in [4.78, 5) is 33.4. The zero-order chi connectivity index (χ0) is 31.0. The number of nitrogens with zero attached hydrogens (tertiary/aromatic N) is 3. The van der Waals surface area contributed by atoms with E-state index >= 15 is 0 Å². The highest BCUT2D eigenvalue weighted by molar-refractivity contribution is 14.1. The molecule has 2 aromatic heterocycles. The Bertz CT molecular complexity index is 2070. The monoisotopic (exact) mass is 714 g/mol. The van der Waals surface area contributed by atoms with Crippen LogP contribution in [0.3, 0.4) is 0 Å². The fraction of sp³-hybridized carbons (Fsp3) is 0.171. The van der Waals surface area contributed by atoms with Gasteiger partial charge >= 0.3 is 0 Å². The Kier molecular flexibility index (Phi) is 8.42. The third kappa shape index (κ3) is 5.69. The van der Waals surface area contributed by atoms with Gasteiger partial charge in [0, 0.05) is 26.3 Å². The van der Waals surface area contributed by atoms with E-state index in [4.69, 9.17) is 9.73 Å². The first-order chi connectivity index (χ1) is 21.2. The van der Waals surface area contributed by atoms with E-state index in [1.165, 1.54) is 14.9 Å². The number of allylic oxidation sites excluding steroid dienone is 1. The quantitative estimate of drug-likeness (QED) is 0.202. The van der Waals surface area contributed by atoms with Crippen molar-refractivity contribution in [1.82, 2.24) is 9.13 Å². The van der Waals surface area contributed by atoms with Crippen LogP contribution >= 0.6 is 33.9 Å². The van der Waals surface area contributed by atoms with Gasteiger partial charge < -0.3 is 14.6 Å². The van der Waals surface area contributed by atoms with Gasteiger partial charge in [-0.15, -0.1) is 0 Å². The van der Waals surface area contributed by atoms with E-state index in [-0.39, 0.29) is 11.5 Å². The molecular formula is C35H31IN4O3S. The number of aryl methyl sites for hydroxylation is 1. The number of para-hydroxylation sites is 1. The van der Waals surface area contributed by atoms with Crippen LogP contribution in [-0.2, 0) is 4.79 Å². The number of thiazole rings is 1. The highest BCUT2D eigenvalue weighted by Gasteiger charge is 2.32. The highest BCUT2D eigenvalue weighted by atomic mass is 127. The number of ether oxygens (including phenoxy) is 1. The predicted molar refractivity (Wildman–Crippen MR) is 184 cm³/mol. The van der Waals surface area contributed by atoms with Gasteiger partial charge in [0.1, 0.15) is 5.75 Å². The lowest BCUT2D eigenvalue weighted by Crippen LogP contribution is -2.40. The van der Waals surface area contributed by atoms with E-state index in [0.29, 0.717) is 32.9 Å². The van der Waals surface area contributed by atoms with Gasteiger partial charge in [-0.25, -0.2) is 4.99 Å². The number of amides is 1. The average molecular weight is 715 g/mol. The number of anilines is 1. The van der Waals surface area contributed by atoms with Gasteiger partial charge in [0.05, 0.1) is 28.5 Å². The number of benzene rings is 3. The van der Waals surface area contributed by atoms with Crippen molar-refractivity contribution >= 4 is 51.6 Å². The molecule has 1 atom stereocenters. The summed E-state index contributed by atoms with van der Waals surface area (Å²) in [6.45, 7) is 8.43. The fourth-order valence-corrected chi connectivity index (χ4v) is 7.02. The van der Waals surface area contributed by atoms with Crippen molar-refractivity contribution < 1.29 is 9.53 Å². The molecule has 0 bridgehead atoms. The van der Waals surface area contributed by atoms with E-state index in [1.54, 1.807) is 4.57 Å². The van der Waals surface area contributed by atoms with Crippen molar-refractivity contribution in [3.8, 4) is 11.4 Å². The van der Waals surface area contributed by atoms with E-state index in [0.717, 1.165) is 34.0 Å². The minimum absolute atomic E-state index is 0.191. The second kappa shape index (κ2) is 12.4. The molecular weight excluding hydrogens is 683 g/mol. The summed E-state index contributed by atoms with van der Waals surface area (Å²) in [6.07, 6.45) is 1.94. The van der Waals surface area contributed by atoms with Crippen molar-refractivity contribution in [2.75, 3.05) is 11.9 Å². The minimum Gasteiger partial charge on any atom is -0.494 e. The summed E-state index contributed by atoms with van der Waals surface area (Å²) in [6, 6.07) is 26.7. The van der Waals surface area contributed by atoms with Gasteiger partial charge in [-0.2, -0.15) is 0 Å². The minimum atomic E-state index is -0.660. The fourth-order valence-electron chi connectivity index (χ4n) is 5.62. The largest absolute Gasteiger partial charge is 0.494 e. The molecule has 0 unspecified atom stereocenters. The van der Waals surface area contributed by atoms with Gasteiger partial charge in [0.25, 0.3) is 11.5 Å². The van der Waals surface area contributed by atoms with Crippen LogP contribution in [0.15, 0.2) is 106 Å². The first kappa shape index (κ1) is 29.8. The number of aromatic nitrogens is 2. The molecule has 0 spiro atoms. The van der Waals surface area contributed by atoms with Crippen LogP contribution in [0.4, 0.5) is 5.69 Å². The topological polar surface area (TPSA) is 77.6 Å². The van der Waals surface area contributed by atoms with Gasteiger partial charge in [-0.3, -0.25) is 14.2 Å². The van der Waals surface area contributed by atoms with Gasteiger partial charge in [0.2, 0.25) is 0 Å². The Balaban J connectivity index is 1.48. The van der Waals surface area contributed by atoms with Gasteiger partial charge in [-0.1, -0.05) is 41.7 Å². The smallest absolute Gasteiger partial charge is 0.271 e. The number of fused-ring (bicyclic) bond motifs is 1. The summed E-state index contributed by atoms with van der Waals surface area (Å²) in [5.74, 6) is 0.426. The Morgan fingerprint density at radius 3 is 2.41 bits per heavy atom. The third-order valence-electron chi connectivity index (χ3n) is 7.65. The van der Waals surface area contributed by atoms with Crippen LogP contribution < -0.4 is 24.9 Å². The Hall–Kier alpha value is -4.22. The SMILES string of the molecule is CCOc1ccc([C@H]2C(C(=O)Nc3ccccc3)=C(C)N=c3s/c(=C\c4cc(C)n(-c5ccc(I)cc5)c4C)c(=O)n32)cc1. The lowest BCUT2D eigenvalue weighted by atomic mass is 9.95. The van der Waals surface area contributed by atoms with E-state index in [2.05, 4.69) is 76.7 Å². The molecule has 5 aromatic rings. The molecule has 0 saturated heterocycles. The molecule has 3 heterocycles. The Labute approximate surface area is 273 Å². The maximum absolute atomic E-state index is 14.2. The third-order valence-corrected chi connectivity index (χ3v) is 9.35. The van der Waals surface area contributed by atoms with Crippen LogP contribution in [0.1, 0.15) is 42.4 Å². The van der Waals surface area contributed by atoms with Gasteiger partial charge in [-0.05, 0) is 122 Å². The average Bonchev–Trinajstić information content (AvgIpc) is 3.47. The molecule has 0 radical (unpaired) electrons. The number of carbonyl (C=O) groups excluding carboxylic acids is 1. The summed E-state index contributed by atoms with van der Waals surface area (Å²) < 4.78 is 11.2. The first-order valence-electron chi connectivity index (χ1n) is 14.3. The zero-order valence-electron chi connectivity index (χ0n) is 24.8. The Morgan fingerprint density at radius 1 is 1.02 bits per heavy atom. The molecule has 1 amide bonds. The standard InChI is InChI=1S/C35H31IN4O3S/c1-5-43-29-17-11-24(12-18-29)32-31(33(41)38-27-9-7-6-8-10-27)22(3)37-35-40(32)34(42)30(44-35)20-25-19-21(2)39(23(25)4)28-15-13-26(36)14-16-28/h6-20,32H,5H2,1-4H3,(H,38,41)/b30-20-/t32-/m0/s1. The highest BCUT2D eigenvalue weighted by Crippen LogP contribution is 2.32. The molecule has 7 nitrogen and oxygen atoms in total. The van der Waals surface area contributed by atoms with Crippen LogP contribution in [-0.4, -0.2) is 21.6 Å². The number of nitrogens with one attached hydrogen (secondary N) is 1. The van der Waals surface area contributed by atoms with Crippen molar-refractivity contribution in [3.05, 3.63) is 142 Å². The Morgan fingerprint density at radius 2 is 1.73 bits per heavy atom. The molecule has 9 heteroatoms. The van der Waals surface area contributed by atoms with E-state index in [1.807, 2.05) is 74.5 Å². The van der Waals surface area contributed by atoms with Crippen LogP contribution in [0, 0.1) is 17.4 Å². The summed E-state index contributed by atoms with van der Waals surface area (Å²) in [5, 5.41) is 3.00. The molecule has 0 saturated carbocycles. The molecule has 0 fully saturated rings. The number of rotatable bonds is 7. The lowest BCUT2D eigenvalue weighted by Gasteiger charge is -2.25. The maximum Gasteiger partial charge on any atom is 0.271 e. The molecule has 6 rings (SSSR count). The number of halogens is 1. The van der Waals surface area contributed by atoms with Crippen molar-refractivity contribution in [2.45, 2.75) is 33.7 Å². The lowest BCUT2D eigenvalue weighted by molar-refractivity contribution is -0.113. The van der Waals surface area contributed by atoms with Crippen LogP contribution in [0.5, 0.6) is 5.75 Å². The number of carbonyl (C=O) groups is 1. The number of hydrogen-bond donors (Lipinski definition) is 1. The second-order valence-electron chi connectivity index (χ2n) is 10.5.